The topological polar surface area (TPSA) is 3.24 Å². The molecule has 0 spiro atoms. The molecule has 6 aromatic rings. The van der Waals surface area contributed by atoms with E-state index < -0.39 is 0 Å². The Morgan fingerprint density at radius 2 is 1.49 bits per heavy atom. The summed E-state index contributed by atoms with van der Waals surface area (Å²) >= 11 is 2.00. The van der Waals surface area contributed by atoms with Crippen LogP contribution in [-0.4, -0.2) is 6.71 Å². The van der Waals surface area contributed by atoms with Crippen LogP contribution in [-0.2, 0) is 18.3 Å². The van der Waals surface area contributed by atoms with E-state index in [4.69, 9.17) is 0 Å². The number of hydrogen-bond donors (Lipinski definition) is 0. The molecule has 3 aliphatic rings. The van der Waals surface area contributed by atoms with Gasteiger partial charge < -0.3 is 4.90 Å². The molecule has 2 aliphatic heterocycles. The summed E-state index contributed by atoms with van der Waals surface area (Å²) in [5.41, 5.74) is 16.7. The van der Waals surface area contributed by atoms with Gasteiger partial charge in [0.25, 0.3) is 6.71 Å². The van der Waals surface area contributed by atoms with Gasteiger partial charge in [-0.1, -0.05) is 98.2 Å². The van der Waals surface area contributed by atoms with E-state index in [9.17, 15) is 0 Å². The van der Waals surface area contributed by atoms with E-state index in [1.54, 1.807) is 0 Å². The first-order valence-electron chi connectivity index (χ1n) is 14.8. The average Bonchev–Trinajstić information content (AvgIpc) is 3.34. The third kappa shape index (κ3) is 3.13. The van der Waals surface area contributed by atoms with Gasteiger partial charge in [0.15, 0.2) is 0 Å². The van der Waals surface area contributed by atoms with Crippen molar-refractivity contribution in [3.63, 3.8) is 0 Å². The lowest BCUT2D eigenvalue weighted by atomic mass is 9.32. The second-order valence-corrected chi connectivity index (χ2v) is 13.6. The molecule has 5 aromatic carbocycles. The smallest absolute Gasteiger partial charge is 0.260 e. The molecule has 1 aliphatic carbocycles. The number of nitrogens with zero attached hydrogens (tertiary/aromatic N) is 1. The molecule has 0 N–H and O–H groups in total. The third-order valence-electron chi connectivity index (χ3n) is 9.87. The number of thiophene rings is 1. The highest BCUT2D eigenvalue weighted by Crippen LogP contribution is 2.50. The van der Waals surface area contributed by atoms with Crippen LogP contribution in [0.25, 0.3) is 21.2 Å². The van der Waals surface area contributed by atoms with Crippen molar-refractivity contribution in [2.75, 3.05) is 4.90 Å². The lowest BCUT2D eigenvalue weighted by Crippen LogP contribution is -2.63. The monoisotopic (exact) mass is 543 g/mol. The van der Waals surface area contributed by atoms with E-state index in [-0.39, 0.29) is 12.1 Å². The summed E-state index contributed by atoms with van der Waals surface area (Å²) in [6, 6.07) is 39.3. The summed E-state index contributed by atoms with van der Waals surface area (Å²) in [4.78, 5) is 2.64. The molecule has 196 valence electrons. The van der Waals surface area contributed by atoms with Gasteiger partial charge in [-0.2, -0.15) is 0 Å². The summed E-state index contributed by atoms with van der Waals surface area (Å²) < 4.78 is 2.84. The second kappa shape index (κ2) is 8.24. The number of fused-ring (bicyclic) bond motifs is 7. The van der Waals surface area contributed by atoms with Crippen LogP contribution in [0.5, 0.6) is 0 Å². The maximum Gasteiger partial charge on any atom is 0.260 e. The minimum absolute atomic E-state index is 0.0718. The van der Waals surface area contributed by atoms with Crippen molar-refractivity contribution in [3.05, 3.63) is 131 Å². The Kier molecular flexibility index (Phi) is 4.75. The van der Waals surface area contributed by atoms with Crippen LogP contribution in [0.2, 0.25) is 0 Å². The van der Waals surface area contributed by atoms with Crippen molar-refractivity contribution in [2.24, 2.45) is 0 Å². The minimum Gasteiger partial charge on any atom is -0.309 e. The van der Waals surface area contributed by atoms with Gasteiger partial charge in [-0.3, -0.25) is 0 Å². The number of rotatable bonds is 2. The molecule has 0 saturated heterocycles. The molecule has 0 fully saturated rings. The summed E-state index contributed by atoms with van der Waals surface area (Å²) in [6.45, 7) is 7.27. The van der Waals surface area contributed by atoms with Crippen LogP contribution >= 0.6 is 11.3 Å². The van der Waals surface area contributed by atoms with Gasteiger partial charge in [-0.25, -0.2) is 0 Å². The zero-order valence-electron chi connectivity index (χ0n) is 23.7. The maximum absolute atomic E-state index is 2.64. The van der Waals surface area contributed by atoms with Crippen LogP contribution in [0.15, 0.2) is 103 Å². The van der Waals surface area contributed by atoms with E-state index in [1.165, 1.54) is 88.2 Å². The quantitative estimate of drug-likeness (QED) is 0.200. The molecular weight excluding hydrogens is 513 g/mol. The molecule has 0 amide bonds. The number of hydrogen-bond acceptors (Lipinski definition) is 2. The molecule has 0 atom stereocenters. The Morgan fingerprint density at radius 1 is 0.732 bits per heavy atom. The third-order valence-corrected chi connectivity index (χ3v) is 11.1. The fraction of sp³-hybridized carbons (Fsp3) is 0.158. The lowest BCUT2D eigenvalue weighted by molar-refractivity contribution is 0.646. The molecule has 0 saturated carbocycles. The molecule has 0 bridgehead atoms. The van der Waals surface area contributed by atoms with Crippen LogP contribution in [0.1, 0.15) is 41.7 Å². The van der Waals surface area contributed by atoms with Gasteiger partial charge in [0, 0.05) is 31.5 Å². The first-order chi connectivity index (χ1) is 20.0. The molecule has 0 radical (unpaired) electrons. The Hall–Kier alpha value is -4.08. The van der Waals surface area contributed by atoms with Gasteiger partial charge in [0.2, 0.25) is 0 Å². The molecule has 3 heteroatoms. The Morgan fingerprint density at radius 3 is 2.32 bits per heavy atom. The van der Waals surface area contributed by atoms with Crippen molar-refractivity contribution >= 4 is 60.9 Å². The van der Waals surface area contributed by atoms with Crippen molar-refractivity contribution in [3.8, 4) is 11.1 Å². The molecular formula is C38H30BNS. The predicted octanol–water partition coefficient (Wildman–Crippen LogP) is 7.91. The van der Waals surface area contributed by atoms with Gasteiger partial charge in [0.05, 0.1) is 11.4 Å². The summed E-state index contributed by atoms with van der Waals surface area (Å²) in [6.07, 6.45) is 2.34. The van der Waals surface area contributed by atoms with E-state index in [1.807, 2.05) is 11.3 Å². The summed E-state index contributed by atoms with van der Waals surface area (Å²) in [5, 5.41) is 1.36. The SMILES string of the molecule is Cc1ccc2c3c(sc2c1)B1c2ccccc2C(C)(C)c2cccc(c21)N3c1cc2c(cc1-c1ccccc1)CC2. The van der Waals surface area contributed by atoms with Crippen molar-refractivity contribution in [1.29, 1.82) is 0 Å². The van der Waals surface area contributed by atoms with Gasteiger partial charge in [0.1, 0.15) is 0 Å². The largest absolute Gasteiger partial charge is 0.309 e. The van der Waals surface area contributed by atoms with Crippen LogP contribution < -0.4 is 20.6 Å². The first kappa shape index (κ1) is 23.6. The molecule has 9 rings (SSSR count). The Balaban J connectivity index is 1.43. The van der Waals surface area contributed by atoms with E-state index in [0.29, 0.717) is 0 Å². The zero-order valence-corrected chi connectivity index (χ0v) is 24.5. The number of benzene rings is 5. The molecule has 1 aromatic heterocycles. The van der Waals surface area contributed by atoms with Gasteiger partial charge in [-0.15, -0.1) is 11.3 Å². The van der Waals surface area contributed by atoms with Crippen molar-refractivity contribution < 1.29 is 0 Å². The van der Waals surface area contributed by atoms with E-state index in [2.05, 4.69) is 129 Å². The van der Waals surface area contributed by atoms with E-state index >= 15 is 0 Å². The molecule has 0 unspecified atom stereocenters. The maximum atomic E-state index is 2.64. The summed E-state index contributed by atoms with van der Waals surface area (Å²) in [7, 11) is 0. The standard InChI is InChI=1S/C38H30BNS/c1-23-16-19-27-34(20-23)41-37-36(27)40(33-22-26-18-17-25(26)21-28(33)24-10-5-4-6-11-24)32-15-9-13-30-35(32)39(37)31-14-8-7-12-29(31)38(30,2)3/h4-16,19-22H,17-18H2,1-3H3. The Labute approximate surface area is 246 Å². The molecule has 1 nitrogen and oxygen atoms in total. The van der Waals surface area contributed by atoms with Gasteiger partial charge in [-0.05, 0) is 82.9 Å². The highest BCUT2D eigenvalue weighted by Gasteiger charge is 2.47. The Bertz CT molecular complexity index is 2050. The molecule has 3 heterocycles. The fourth-order valence-electron chi connectivity index (χ4n) is 7.76. The minimum atomic E-state index is -0.0718. The number of aryl methyl sites for hydroxylation is 3. The average molecular weight is 544 g/mol. The fourth-order valence-corrected chi connectivity index (χ4v) is 9.18. The second-order valence-electron chi connectivity index (χ2n) is 12.5. The predicted molar refractivity (Wildman–Crippen MR) is 177 cm³/mol. The van der Waals surface area contributed by atoms with Crippen LogP contribution in [0.3, 0.4) is 0 Å². The molecule has 41 heavy (non-hydrogen) atoms. The normalized spacial score (nSPS) is 15.6. The van der Waals surface area contributed by atoms with Crippen LogP contribution in [0, 0.1) is 6.92 Å². The lowest BCUT2D eigenvalue weighted by Gasteiger charge is -2.45. The highest BCUT2D eigenvalue weighted by molar-refractivity contribution is 7.33. The van der Waals surface area contributed by atoms with Crippen molar-refractivity contribution in [1.82, 2.24) is 0 Å². The van der Waals surface area contributed by atoms with Crippen LogP contribution in [0.4, 0.5) is 17.1 Å². The van der Waals surface area contributed by atoms with Gasteiger partial charge >= 0.3 is 0 Å². The highest BCUT2D eigenvalue weighted by atomic mass is 32.1. The zero-order chi connectivity index (χ0) is 27.5. The number of anilines is 3. The van der Waals surface area contributed by atoms with Crippen molar-refractivity contribution in [2.45, 2.75) is 39.0 Å². The first-order valence-corrected chi connectivity index (χ1v) is 15.6. The van der Waals surface area contributed by atoms with E-state index in [0.717, 1.165) is 6.42 Å². The summed E-state index contributed by atoms with van der Waals surface area (Å²) in [5.74, 6) is 0.